The minimum atomic E-state index is 0.346. The first-order valence-corrected chi connectivity index (χ1v) is 7.87. The normalized spacial score (nSPS) is 13.1. The summed E-state index contributed by atoms with van der Waals surface area (Å²) in [6, 6.07) is 11.8. The van der Waals surface area contributed by atoms with Crippen molar-refractivity contribution < 1.29 is 5.11 Å². The van der Waals surface area contributed by atoms with Crippen molar-refractivity contribution in [2.45, 2.75) is 6.54 Å². The van der Waals surface area contributed by atoms with Gasteiger partial charge in [0.2, 0.25) is 0 Å². The molecule has 3 aromatic rings. The summed E-state index contributed by atoms with van der Waals surface area (Å²) in [5.41, 5.74) is 3.34. The van der Waals surface area contributed by atoms with Gasteiger partial charge in [0.15, 0.2) is 0 Å². The highest BCUT2D eigenvalue weighted by Gasteiger charge is 2.18. The van der Waals surface area contributed by atoms with E-state index in [1.807, 2.05) is 18.2 Å². The van der Waals surface area contributed by atoms with Crippen LogP contribution in [0.5, 0.6) is 5.75 Å². The minimum Gasteiger partial charge on any atom is -0.506 e. The highest BCUT2D eigenvalue weighted by Crippen LogP contribution is 2.44. The van der Waals surface area contributed by atoms with Gasteiger partial charge in [-0.05, 0) is 24.3 Å². The molecule has 0 saturated carbocycles. The second-order valence-corrected chi connectivity index (χ2v) is 6.67. The van der Waals surface area contributed by atoms with Gasteiger partial charge < -0.3 is 15.7 Å². The van der Waals surface area contributed by atoms with Gasteiger partial charge in [-0.1, -0.05) is 28.1 Å². The summed E-state index contributed by atoms with van der Waals surface area (Å²) < 4.78 is 1.99. The van der Waals surface area contributed by atoms with Gasteiger partial charge in [-0.15, -0.1) is 11.3 Å². The number of hydrogen-bond donors (Lipinski definition) is 3. The Morgan fingerprint density at radius 1 is 1.15 bits per heavy atom. The van der Waals surface area contributed by atoms with E-state index in [1.54, 1.807) is 17.4 Å². The van der Waals surface area contributed by atoms with E-state index < -0.39 is 0 Å². The number of halogens is 1. The first-order valence-electron chi connectivity index (χ1n) is 6.26. The molecular weight excluding hydrogens is 336 g/mol. The molecule has 0 radical (unpaired) electrons. The second-order valence-electron chi connectivity index (χ2n) is 4.73. The van der Waals surface area contributed by atoms with Gasteiger partial charge in [-0.3, -0.25) is 0 Å². The molecule has 1 aliphatic heterocycles. The van der Waals surface area contributed by atoms with Crippen LogP contribution in [0.25, 0.3) is 10.1 Å². The summed E-state index contributed by atoms with van der Waals surface area (Å²) >= 11 is 5.09. The van der Waals surface area contributed by atoms with Crippen LogP contribution < -0.4 is 10.6 Å². The standard InChI is InChI=1S/C15H11BrN2OS/c16-8-4-5-11-12(6-8)17-7-10-9-2-1-3-13(19)14(9)20-15(10)18-11/h1-6,17-19H,7H2. The molecule has 3 nitrogen and oxygen atoms in total. The maximum absolute atomic E-state index is 9.98. The molecular formula is C15H11BrN2OS. The second kappa shape index (κ2) is 4.40. The zero-order valence-corrected chi connectivity index (χ0v) is 12.8. The molecule has 0 spiro atoms. The SMILES string of the molecule is Oc1cccc2c3c(sc12)Nc1ccc(Br)cc1NC3. The third-order valence-electron chi connectivity index (χ3n) is 3.48. The van der Waals surface area contributed by atoms with Crippen molar-refractivity contribution >= 4 is 53.7 Å². The summed E-state index contributed by atoms with van der Waals surface area (Å²) in [6.07, 6.45) is 0. The zero-order chi connectivity index (χ0) is 13.7. The Morgan fingerprint density at radius 3 is 2.95 bits per heavy atom. The lowest BCUT2D eigenvalue weighted by molar-refractivity contribution is 0.482. The molecule has 2 aromatic carbocycles. The summed E-state index contributed by atoms with van der Waals surface area (Å²) in [4.78, 5) is 0. The molecule has 0 unspecified atom stereocenters. The average molecular weight is 347 g/mol. The lowest BCUT2D eigenvalue weighted by atomic mass is 10.1. The molecule has 0 amide bonds. The van der Waals surface area contributed by atoms with Gasteiger partial charge in [-0.2, -0.15) is 0 Å². The zero-order valence-electron chi connectivity index (χ0n) is 10.4. The number of anilines is 3. The number of hydrogen-bond acceptors (Lipinski definition) is 4. The van der Waals surface area contributed by atoms with E-state index in [9.17, 15) is 5.11 Å². The topological polar surface area (TPSA) is 44.3 Å². The van der Waals surface area contributed by atoms with Gasteiger partial charge in [0.25, 0.3) is 0 Å². The third-order valence-corrected chi connectivity index (χ3v) is 5.16. The van der Waals surface area contributed by atoms with E-state index in [0.29, 0.717) is 5.75 Å². The van der Waals surface area contributed by atoms with Crippen LogP contribution in [0.2, 0.25) is 0 Å². The van der Waals surface area contributed by atoms with E-state index in [4.69, 9.17) is 0 Å². The van der Waals surface area contributed by atoms with Crippen molar-refractivity contribution in [3.8, 4) is 5.75 Å². The molecule has 5 heteroatoms. The average Bonchev–Trinajstić information content (AvgIpc) is 2.68. The molecule has 20 heavy (non-hydrogen) atoms. The van der Waals surface area contributed by atoms with E-state index in [-0.39, 0.29) is 0 Å². The maximum atomic E-state index is 9.98. The van der Waals surface area contributed by atoms with E-state index in [0.717, 1.165) is 37.5 Å². The quantitative estimate of drug-likeness (QED) is 0.534. The Morgan fingerprint density at radius 2 is 2.05 bits per heavy atom. The Hall–Kier alpha value is -1.72. The number of nitrogens with one attached hydrogen (secondary N) is 2. The van der Waals surface area contributed by atoms with E-state index in [2.05, 4.69) is 38.7 Å². The smallest absolute Gasteiger partial charge is 0.133 e. The lowest BCUT2D eigenvalue weighted by Crippen LogP contribution is -1.97. The number of aromatic hydroxyl groups is 1. The van der Waals surface area contributed by atoms with Gasteiger partial charge in [0.05, 0.1) is 21.1 Å². The Labute approximate surface area is 128 Å². The Bertz CT molecular complexity index is 828. The number of phenols is 1. The predicted molar refractivity (Wildman–Crippen MR) is 88.2 cm³/mol. The number of thiophene rings is 1. The maximum Gasteiger partial charge on any atom is 0.133 e. The monoisotopic (exact) mass is 346 g/mol. The molecule has 2 heterocycles. The molecule has 0 bridgehead atoms. The molecule has 100 valence electrons. The molecule has 0 atom stereocenters. The molecule has 1 aromatic heterocycles. The largest absolute Gasteiger partial charge is 0.506 e. The summed E-state index contributed by atoms with van der Waals surface area (Å²) in [5.74, 6) is 0.346. The fraction of sp³-hybridized carbons (Fsp3) is 0.0667. The number of benzene rings is 2. The highest BCUT2D eigenvalue weighted by molar-refractivity contribution is 9.10. The van der Waals surface area contributed by atoms with Crippen LogP contribution in [0, 0.1) is 0 Å². The van der Waals surface area contributed by atoms with Crippen molar-refractivity contribution in [3.63, 3.8) is 0 Å². The van der Waals surface area contributed by atoms with E-state index in [1.165, 1.54) is 5.56 Å². The van der Waals surface area contributed by atoms with E-state index >= 15 is 0 Å². The predicted octanol–water partition coefficient (Wildman–Crippen LogP) is 5.04. The van der Waals surface area contributed by atoms with Crippen molar-refractivity contribution in [1.82, 2.24) is 0 Å². The van der Waals surface area contributed by atoms with Crippen LogP contribution in [0.15, 0.2) is 40.9 Å². The van der Waals surface area contributed by atoms with Crippen molar-refractivity contribution in [1.29, 1.82) is 0 Å². The Balaban J connectivity index is 1.91. The van der Waals surface area contributed by atoms with Crippen LogP contribution in [-0.4, -0.2) is 5.11 Å². The van der Waals surface area contributed by atoms with Gasteiger partial charge >= 0.3 is 0 Å². The fourth-order valence-electron chi connectivity index (χ4n) is 2.51. The molecule has 3 N–H and O–H groups in total. The summed E-state index contributed by atoms with van der Waals surface area (Å²) in [6.45, 7) is 0.745. The van der Waals surface area contributed by atoms with Crippen molar-refractivity contribution in [2.24, 2.45) is 0 Å². The number of fused-ring (bicyclic) bond motifs is 4. The van der Waals surface area contributed by atoms with Gasteiger partial charge in [-0.25, -0.2) is 0 Å². The van der Waals surface area contributed by atoms with Crippen LogP contribution in [0.3, 0.4) is 0 Å². The van der Waals surface area contributed by atoms with Gasteiger partial charge in [0, 0.05) is 22.0 Å². The van der Waals surface area contributed by atoms with Gasteiger partial charge in [0.1, 0.15) is 5.75 Å². The van der Waals surface area contributed by atoms with Crippen molar-refractivity contribution in [3.05, 3.63) is 46.4 Å². The number of rotatable bonds is 0. The molecule has 4 rings (SSSR count). The lowest BCUT2D eigenvalue weighted by Gasteiger charge is -2.08. The van der Waals surface area contributed by atoms with Crippen LogP contribution in [0.4, 0.5) is 16.4 Å². The summed E-state index contributed by atoms with van der Waals surface area (Å²) in [7, 11) is 0. The molecule has 1 aliphatic rings. The fourth-order valence-corrected chi connectivity index (χ4v) is 4.02. The van der Waals surface area contributed by atoms with Crippen molar-refractivity contribution in [2.75, 3.05) is 10.6 Å². The summed E-state index contributed by atoms with van der Waals surface area (Å²) in [5, 5.41) is 19.1. The third kappa shape index (κ3) is 1.77. The van der Waals surface area contributed by atoms with Crippen LogP contribution >= 0.6 is 27.3 Å². The van der Waals surface area contributed by atoms with Crippen LogP contribution in [-0.2, 0) is 6.54 Å². The molecule has 0 fully saturated rings. The molecule has 0 aliphatic carbocycles. The van der Waals surface area contributed by atoms with Crippen LogP contribution in [0.1, 0.15) is 5.56 Å². The highest BCUT2D eigenvalue weighted by atomic mass is 79.9. The molecule has 0 saturated heterocycles. The first-order chi connectivity index (χ1) is 9.72. The first kappa shape index (κ1) is 12.1. The Kier molecular flexibility index (Phi) is 2.65. The minimum absolute atomic E-state index is 0.346. The number of phenolic OH excluding ortho intramolecular Hbond substituents is 1.